The lowest BCUT2D eigenvalue weighted by Crippen LogP contribution is -2.38. The topological polar surface area (TPSA) is 94.0 Å². The molecule has 7 heteroatoms. The van der Waals surface area contributed by atoms with E-state index in [-0.39, 0.29) is 18.3 Å². The summed E-state index contributed by atoms with van der Waals surface area (Å²) < 4.78 is 5.22. The van der Waals surface area contributed by atoms with Crippen molar-refractivity contribution in [3.63, 3.8) is 0 Å². The van der Waals surface area contributed by atoms with Gasteiger partial charge in [0.25, 0.3) is 5.89 Å². The van der Waals surface area contributed by atoms with Crippen LogP contribution in [0.3, 0.4) is 0 Å². The molecule has 1 saturated carbocycles. The lowest BCUT2D eigenvalue weighted by atomic mass is 10.1. The summed E-state index contributed by atoms with van der Waals surface area (Å²) in [6, 6.07) is 5.65. The molecule has 3 N–H and O–H groups in total. The van der Waals surface area contributed by atoms with E-state index >= 15 is 0 Å². The van der Waals surface area contributed by atoms with Gasteiger partial charge in [-0.05, 0) is 37.5 Å². The van der Waals surface area contributed by atoms with Crippen molar-refractivity contribution in [2.75, 3.05) is 5.32 Å². The molecule has 0 bridgehead atoms. The quantitative estimate of drug-likeness (QED) is 0.901. The van der Waals surface area contributed by atoms with Gasteiger partial charge in [-0.3, -0.25) is 4.79 Å². The minimum atomic E-state index is -0.692. The number of carbonyl (C=O) groups excluding carboxylic acids is 1. The highest BCUT2D eigenvalue weighted by atomic mass is 35.5. The monoisotopic (exact) mass is 322 g/mol. The van der Waals surface area contributed by atoms with Gasteiger partial charge in [-0.2, -0.15) is 4.98 Å². The lowest BCUT2D eigenvalue weighted by Gasteiger charge is -2.12. The number of nitrogens with one attached hydrogen (secondary N) is 1. The Balaban J connectivity index is 0.00000176. The SMILES string of the molecule is CCc1noc(-c2ccc(C)c(NC(=O)C3(N)CC3)c2)n1.Cl. The van der Waals surface area contributed by atoms with Crippen molar-refractivity contribution in [3.05, 3.63) is 29.6 Å². The molecule has 1 amide bonds. The minimum absolute atomic E-state index is 0. The van der Waals surface area contributed by atoms with Gasteiger partial charge in [0.15, 0.2) is 5.82 Å². The van der Waals surface area contributed by atoms with Gasteiger partial charge in [-0.15, -0.1) is 12.4 Å². The molecule has 0 atom stereocenters. The van der Waals surface area contributed by atoms with E-state index in [1.54, 1.807) is 0 Å². The summed E-state index contributed by atoms with van der Waals surface area (Å²) in [6.07, 6.45) is 2.19. The van der Waals surface area contributed by atoms with Gasteiger partial charge in [0.05, 0.1) is 5.54 Å². The molecular formula is C15H19ClN4O2. The molecule has 22 heavy (non-hydrogen) atoms. The van der Waals surface area contributed by atoms with Gasteiger partial charge in [0.2, 0.25) is 5.91 Å². The maximum atomic E-state index is 12.1. The molecule has 2 aromatic rings. The van der Waals surface area contributed by atoms with Crippen LogP contribution in [0.15, 0.2) is 22.7 Å². The van der Waals surface area contributed by atoms with Gasteiger partial charge in [-0.25, -0.2) is 0 Å². The second kappa shape index (κ2) is 6.06. The first-order valence-corrected chi connectivity index (χ1v) is 7.06. The zero-order chi connectivity index (χ0) is 15.0. The Morgan fingerprint density at radius 3 is 2.77 bits per heavy atom. The molecule has 1 aliphatic rings. The molecule has 1 aromatic heterocycles. The number of nitrogens with zero attached hydrogens (tertiary/aromatic N) is 2. The summed E-state index contributed by atoms with van der Waals surface area (Å²) in [7, 11) is 0. The van der Waals surface area contributed by atoms with E-state index in [0.29, 0.717) is 18.1 Å². The van der Waals surface area contributed by atoms with E-state index in [9.17, 15) is 4.79 Å². The van der Waals surface area contributed by atoms with Crippen molar-refractivity contribution in [1.29, 1.82) is 0 Å². The molecule has 1 aromatic carbocycles. The Labute approximate surface area is 134 Å². The van der Waals surface area contributed by atoms with Crippen LogP contribution >= 0.6 is 12.4 Å². The Bertz CT molecular complexity index is 695. The summed E-state index contributed by atoms with van der Waals surface area (Å²) in [5.41, 5.74) is 7.69. The fourth-order valence-electron chi connectivity index (χ4n) is 2.01. The van der Waals surface area contributed by atoms with Gasteiger partial charge < -0.3 is 15.6 Å². The number of halogens is 1. The van der Waals surface area contributed by atoms with Gasteiger partial charge in [0.1, 0.15) is 0 Å². The third kappa shape index (κ3) is 3.13. The van der Waals surface area contributed by atoms with Crippen LogP contribution in [-0.4, -0.2) is 21.6 Å². The van der Waals surface area contributed by atoms with Crippen molar-refractivity contribution in [1.82, 2.24) is 10.1 Å². The molecule has 0 radical (unpaired) electrons. The van der Waals surface area contributed by atoms with E-state index in [1.807, 2.05) is 32.0 Å². The van der Waals surface area contributed by atoms with Crippen molar-refractivity contribution < 1.29 is 9.32 Å². The Hall–Kier alpha value is -1.92. The predicted molar refractivity (Wildman–Crippen MR) is 85.9 cm³/mol. The van der Waals surface area contributed by atoms with Crippen LogP contribution in [0.5, 0.6) is 0 Å². The van der Waals surface area contributed by atoms with Crippen LogP contribution in [0.2, 0.25) is 0 Å². The summed E-state index contributed by atoms with van der Waals surface area (Å²) in [5.74, 6) is 0.980. The molecule has 0 unspecified atom stereocenters. The standard InChI is InChI=1S/C15H18N4O2.ClH/c1-3-12-18-13(21-19-12)10-5-4-9(2)11(8-10)17-14(20)15(16)6-7-15;/h4-5,8H,3,6-7,16H2,1-2H3,(H,17,20);1H. The third-order valence-corrected chi connectivity index (χ3v) is 3.76. The number of hydrogen-bond donors (Lipinski definition) is 2. The molecule has 6 nitrogen and oxygen atoms in total. The lowest BCUT2D eigenvalue weighted by molar-refractivity contribution is -0.118. The largest absolute Gasteiger partial charge is 0.334 e. The van der Waals surface area contributed by atoms with Crippen LogP contribution < -0.4 is 11.1 Å². The van der Waals surface area contributed by atoms with Crippen LogP contribution in [0.4, 0.5) is 5.69 Å². The molecule has 0 aliphatic heterocycles. The molecule has 1 heterocycles. The van der Waals surface area contributed by atoms with E-state index in [0.717, 1.165) is 29.7 Å². The second-order valence-corrected chi connectivity index (χ2v) is 5.51. The molecule has 0 saturated heterocycles. The highest BCUT2D eigenvalue weighted by Crippen LogP contribution is 2.34. The van der Waals surface area contributed by atoms with Crippen LogP contribution in [-0.2, 0) is 11.2 Å². The summed E-state index contributed by atoms with van der Waals surface area (Å²) in [4.78, 5) is 16.4. The van der Waals surface area contributed by atoms with Gasteiger partial charge in [0, 0.05) is 17.7 Å². The van der Waals surface area contributed by atoms with E-state index < -0.39 is 5.54 Å². The number of amides is 1. The maximum absolute atomic E-state index is 12.1. The Morgan fingerprint density at radius 2 is 2.18 bits per heavy atom. The minimum Gasteiger partial charge on any atom is -0.334 e. The van der Waals surface area contributed by atoms with Crippen LogP contribution in [0.25, 0.3) is 11.5 Å². The fraction of sp³-hybridized carbons (Fsp3) is 0.400. The number of hydrogen-bond acceptors (Lipinski definition) is 5. The Kier molecular flexibility index (Phi) is 4.53. The van der Waals surface area contributed by atoms with Crippen LogP contribution in [0, 0.1) is 6.92 Å². The number of anilines is 1. The van der Waals surface area contributed by atoms with Crippen LogP contribution in [0.1, 0.15) is 31.2 Å². The molecule has 3 rings (SSSR count). The number of rotatable bonds is 4. The van der Waals surface area contributed by atoms with Crippen molar-refractivity contribution >= 4 is 24.0 Å². The molecule has 1 fully saturated rings. The second-order valence-electron chi connectivity index (χ2n) is 5.51. The zero-order valence-electron chi connectivity index (χ0n) is 12.5. The highest BCUT2D eigenvalue weighted by Gasteiger charge is 2.46. The number of nitrogens with two attached hydrogens (primary N) is 1. The fourth-order valence-corrected chi connectivity index (χ4v) is 2.01. The molecular weight excluding hydrogens is 304 g/mol. The molecule has 1 aliphatic carbocycles. The first kappa shape index (κ1) is 16.5. The van der Waals surface area contributed by atoms with Crippen molar-refractivity contribution in [2.45, 2.75) is 38.6 Å². The third-order valence-electron chi connectivity index (χ3n) is 3.76. The smallest absolute Gasteiger partial charge is 0.257 e. The number of aromatic nitrogens is 2. The first-order valence-electron chi connectivity index (χ1n) is 7.06. The Morgan fingerprint density at radius 1 is 1.45 bits per heavy atom. The van der Waals surface area contributed by atoms with Crippen molar-refractivity contribution in [3.8, 4) is 11.5 Å². The first-order chi connectivity index (χ1) is 10.0. The average molecular weight is 323 g/mol. The summed E-state index contributed by atoms with van der Waals surface area (Å²) in [5, 5.41) is 6.77. The van der Waals surface area contributed by atoms with E-state index in [1.165, 1.54) is 0 Å². The molecule has 0 spiro atoms. The van der Waals surface area contributed by atoms with E-state index in [4.69, 9.17) is 10.3 Å². The van der Waals surface area contributed by atoms with Gasteiger partial charge >= 0.3 is 0 Å². The summed E-state index contributed by atoms with van der Waals surface area (Å²) >= 11 is 0. The van der Waals surface area contributed by atoms with Gasteiger partial charge in [-0.1, -0.05) is 18.1 Å². The van der Waals surface area contributed by atoms with Crippen molar-refractivity contribution in [2.24, 2.45) is 5.73 Å². The van der Waals surface area contributed by atoms with E-state index in [2.05, 4.69) is 15.5 Å². The zero-order valence-corrected chi connectivity index (χ0v) is 13.4. The molecule has 118 valence electrons. The summed E-state index contributed by atoms with van der Waals surface area (Å²) in [6.45, 7) is 3.90. The normalized spacial score (nSPS) is 15.0. The number of aryl methyl sites for hydroxylation is 2. The highest BCUT2D eigenvalue weighted by molar-refractivity contribution is 6.00. The predicted octanol–water partition coefficient (Wildman–Crippen LogP) is 2.46. The number of benzene rings is 1. The number of carbonyl (C=O) groups is 1. The maximum Gasteiger partial charge on any atom is 0.257 e. The average Bonchev–Trinajstić information content (AvgIpc) is 3.05.